The molecule has 1 saturated carbocycles. The van der Waals surface area contributed by atoms with E-state index in [2.05, 4.69) is 41.8 Å². The summed E-state index contributed by atoms with van der Waals surface area (Å²) in [5, 5.41) is 6.45. The molecule has 0 spiro atoms. The van der Waals surface area contributed by atoms with Crippen molar-refractivity contribution in [1.29, 1.82) is 0 Å². The number of ether oxygens (including phenoxy) is 1. The quantitative estimate of drug-likeness (QED) is 0.444. The van der Waals surface area contributed by atoms with Crippen molar-refractivity contribution in [3.63, 3.8) is 0 Å². The van der Waals surface area contributed by atoms with Crippen molar-refractivity contribution in [3.05, 3.63) is 65.2 Å². The first-order chi connectivity index (χ1) is 15.4. The molecular weight excluding hydrogens is 424 g/mol. The highest BCUT2D eigenvalue weighted by Crippen LogP contribution is 2.35. The third kappa shape index (κ3) is 7.43. The SMILES string of the molecule is CCOc1cccc(C(C)NC2CCC(c3ccc(CC(=O)NCCS(=O)O)cc3)C2)c1. The summed E-state index contributed by atoms with van der Waals surface area (Å²) in [6, 6.07) is 17.3. The van der Waals surface area contributed by atoms with Gasteiger partial charge in [-0.25, -0.2) is 4.21 Å². The molecule has 0 saturated heterocycles. The van der Waals surface area contributed by atoms with E-state index in [0.717, 1.165) is 30.6 Å². The molecule has 0 bridgehead atoms. The van der Waals surface area contributed by atoms with Gasteiger partial charge >= 0.3 is 0 Å². The molecule has 1 aliphatic carbocycles. The van der Waals surface area contributed by atoms with Crippen LogP contribution in [0.1, 0.15) is 61.8 Å². The second-order valence-electron chi connectivity index (χ2n) is 8.39. The van der Waals surface area contributed by atoms with Crippen molar-refractivity contribution in [1.82, 2.24) is 10.6 Å². The Kier molecular flexibility index (Phi) is 9.26. The lowest BCUT2D eigenvalue weighted by Crippen LogP contribution is -2.29. The molecule has 1 fully saturated rings. The van der Waals surface area contributed by atoms with E-state index in [1.54, 1.807) is 0 Å². The molecule has 0 aliphatic heterocycles. The maximum Gasteiger partial charge on any atom is 0.224 e. The van der Waals surface area contributed by atoms with Crippen LogP contribution in [0.25, 0.3) is 0 Å². The first-order valence-corrected chi connectivity index (χ1v) is 12.6. The fourth-order valence-electron chi connectivity index (χ4n) is 4.36. The summed E-state index contributed by atoms with van der Waals surface area (Å²) in [6.07, 6.45) is 3.69. The predicted molar refractivity (Wildman–Crippen MR) is 128 cm³/mol. The Morgan fingerprint density at radius 3 is 2.72 bits per heavy atom. The number of rotatable bonds is 11. The minimum atomic E-state index is -1.88. The van der Waals surface area contributed by atoms with Crippen molar-refractivity contribution in [2.75, 3.05) is 18.9 Å². The summed E-state index contributed by atoms with van der Waals surface area (Å²) < 4.78 is 25.0. The molecule has 2 aromatic carbocycles. The monoisotopic (exact) mass is 458 g/mol. The molecule has 6 nitrogen and oxygen atoms in total. The van der Waals surface area contributed by atoms with Crippen LogP contribution in [0.2, 0.25) is 0 Å². The Morgan fingerprint density at radius 2 is 2.00 bits per heavy atom. The third-order valence-corrected chi connectivity index (χ3v) is 6.56. The van der Waals surface area contributed by atoms with Crippen LogP contribution in [0, 0.1) is 0 Å². The molecular formula is C25H34N2O4S. The molecule has 3 N–H and O–H groups in total. The number of hydrogen-bond donors (Lipinski definition) is 3. The predicted octanol–water partition coefficient (Wildman–Crippen LogP) is 3.95. The Labute approximate surface area is 193 Å². The van der Waals surface area contributed by atoms with Gasteiger partial charge in [-0.3, -0.25) is 4.79 Å². The van der Waals surface area contributed by atoms with E-state index >= 15 is 0 Å². The molecule has 0 aromatic heterocycles. The highest BCUT2D eigenvalue weighted by atomic mass is 32.2. The number of carbonyl (C=O) groups excluding carboxylic acids is 1. The number of benzene rings is 2. The maximum atomic E-state index is 11.9. The van der Waals surface area contributed by atoms with Crippen LogP contribution >= 0.6 is 0 Å². The van der Waals surface area contributed by atoms with Gasteiger partial charge in [0.1, 0.15) is 5.75 Å². The highest BCUT2D eigenvalue weighted by Gasteiger charge is 2.27. The fourth-order valence-corrected chi connectivity index (χ4v) is 4.64. The van der Waals surface area contributed by atoms with Crippen LogP contribution in [0.4, 0.5) is 0 Å². The van der Waals surface area contributed by atoms with Crippen LogP contribution in [0.3, 0.4) is 0 Å². The van der Waals surface area contributed by atoms with Crippen molar-refractivity contribution in [2.24, 2.45) is 0 Å². The van der Waals surface area contributed by atoms with E-state index in [1.165, 1.54) is 11.1 Å². The Bertz CT molecular complexity index is 903. The fraction of sp³-hybridized carbons (Fsp3) is 0.480. The maximum absolute atomic E-state index is 11.9. The summed E-state index contributed by atoms with van der Waals surface area (Å²) in [7, 11) is 0. The van der Waals surface area contributed by atoms with Crippen molar-refractivity contribution in [3.8, 4) is 5.75 Å². The normalized spacial score (nSPS) is 20.0. The Balaban J connectivity index is 1.48. The van der Waals surface area contributed by atoms with Crippen molar-refractivity contribution < 1.29 is 18.3 Å². The minimum absolute atomic E-state index is 0.0537. The smallest absolute Gasteiger partial charge is 0.224 e. The molecule has 0 radical (unpaired) electrons. The lowest BCUT2D eigenvalue weighted by atomic mass is 9.95. The summed E-state index contributed by atoms with van der Waals surface area (Å²) in [4.78, 5) is 11.9. The first-order valence-electron chi connectivity index (χ1n) is 11.4. The van der Waals surface area contributed by atoms with Crippen LogP contribution in [-0.2, 0) is 22.3 Å². The van der Waals surface area contributed by atoms with Gasteiger partial charge in [0, 0.05) is 18.6 Å². The second kappa shape index (κ2) is 12.1. The van der Waals surface area contributed by atoms with E-state index < -0.39 is 11.1 Å². The van der Waals surface area contributed by atoms with Gasteiger partial charge in [0.25, 0.3) is 0 Å². The van der Waals surface area contributed by atoms with Gasteiger partial charge in [0.2, 0.25) is 5.91 Å². The molecule has 4 unspecified atom stereocenters. The summed E-state index contributed by atoms with van der Waals surface area (Å²) in [6.45, 7) is 5.09. The Hall–Kier alpha value is -2.22. The average Bonchev–Trinajstić information content (AvgIpc) is 3.23. The molecule has 32 heavy (non-hydrogen) atoms. The number of hydrogen-bond acceptors (Lipinski definition) is 4. The minimum Gasteiger partial charge on any atom is -0.494 e. The van der Waals surface area contributed by atoms with E-state index in [9.17, 15) is 9.00 Å². The number of nitrogens with one attached hydrogen (secondary N) is 2. The molecule has 0 heterocycles. The molecule has 7 heteroatoms. The molecule has 2 aromatic rings. The third-order valence-electron chi connectivity index (χ3n) is 6.00. The van der Waals surface area contributed by atoms with E-state index in [-0.39, 0.29) is 30.7 Å². The van der Waals surface area contributed by atoms with E-state index in [4.69, 9.17) is 9.29 Å². The van der Waals surface area contributed by atoms with Crippen LogP contribution in [-0.4, -0.2) is 39.6 Å². The lowest BCUT2D eigenvalue weighted by Gasteiger charge is -2.21. The molecule has 1 aliphatic rings. The largest absolute Gasteiger partial charge is 0.494 e. The average molecular weight is 459 g/mol. The summed E-state index contributed by atoms with van der Waals surface area (Å²) in [5.74, 6) is 1.37. The zero-order valence-corrected chi connectivity index (χ0v) is 19.7. The van der Waals surface area contributed by atoms with Crippen molar-refractivity contribution >= 4 is 17.0 Å². The van der Waals surface area contributed by atoms with Crippen molar-refractivity contribution in [2.45, 2.75) is 57.5 Å². The Morgan fingerprint density at radius 1 is 1.22 bits per heavy atom. The summed E-state index contributed by atoms with van der Waals surface area (Å²) >= 11 is -1.88. The van der Waals surface area contributed by atoms with E-state index in [1.807, 2.05) is 31.2 Å². The molecule has 174 valence electrons. The van der Waals surface area contributed by atoms with Gasteiger partial charge in [-0.2, -0.15) is 0 Å². The van der Waals surface area contributed by atoms with Gasteiger partial charge in [0.15, 0.2) is 11.1 Å². The summed E-state index contributed by atoms with van der Waals surface area (Å²) in [5.41, 5.74) is 3.51. The number of carbonyl (C=O) groups is 1. The number of amides is 1. The standard InChI is InChI=1S/C25H34N2O4S/c1-3-31-24-6-4-5-21(17-24)18(2)27-23-12-11-22(16-23)20-9-7-19(8-10-20)15-25(28)26-13-14-32(29)30/h4-10,17-18,22-23,27H,3,11-16H2,1-2H3,(H,26,28)(H,29,30). The lowest BCUT2D eigenvalue weighted by molar-refractivity contribution is -0.120. The highest BCUT2D eigenvalue weighted by molar-refractivity contribution is 7.79. The topological polar surface area (TPSA) is 87.7 Å². The van der Waals surface area contributed by atoms with Gasteiger partial charge in [-0.1, -0.05) is 36.4 Å². The molecule has 1 amide bonds. The van der Waals surface area contributed by atoms with Gasteiger partial charge < -0.3 is 19.9 Å². The second-order valence-corrected chi connectivity index (χ2v) is 9.45. The zero-order valence-electron chi connectivity index (χ0n) is 18.9. The van der Waals surface area contributed by atoms with Crippen LogP contribution in [0.5, 0.6) is 5.75 Å². The van der Waals surface area contributed by atoms with Gasteiger partial charge in [-0.15, -0.1) is 0 Å². The van der Waals surface area contributed by atoms with E-state index in [0.29, 0.717) is 18.6 Å². The van der Waals surface area contributed by atoms with Crippen LogP contribution in [0.15, 0.2) is 48.5 Å². The zero-order chi connectivity index (χ0) is 22.9. The van der Waals surface area contributed by atoms with Gasteiger partial charge in [-0.05, 0) is 67.9 Å². The molecule has 4 atom stereocenters. The molecule has 3 rings (SSSR count). The van der Waals surface area contributed by atoms with Gasteiger partial charge in [0.05, 0.1) is 18.8 Å². The first kappa shape index (κ1) is 24.4. The van der Waals surface area contributed by atoms with Crippen LogP contribution < -0.4 is 15.4 Å².